The molecule has 0 aliphatic carbocycles. The van der Waals surface area contributed by atoms with Crippen LogP contribution in [0.1, 0.15) is 30.9 Å². The molecule has 1 aliphatic rings. The molecule has 0 saturated heterocycles. The average molecular weight is 338 g/mol. The summed E-state index contributed by atoms with van der Waals surface area (Å²) in [4.78, 5) is 12.8. The van der Waals surface area contributed by atoms with Crippen LogP contribution < -0.4 is 4.74 Å². The number of hydrazone groups is 1. The molecule has 0 fully saturated rings. The summed E-state index contributed by atoms with van der Waals surface area (Å²) in [5.41, 5.74) is 0.805. The normalized spacial score (nSPS) is 19.6. The molecule has 25 heavy (non-hydrogen) atoms. The quantitative estimate of drug-likeness (QED) is 0.911. The van der Waals surface area contributed by atoms with Gasteiger partial charge in [-0.25, -0.2) is 0 Å². The van der Waals surface area contributed by atoms with Crippen LogP contribution in [0.15, 0.2) is 59.7 Å². The predicted octanol–water partition coefficient (Wildman–Crippen LogP) is 3.08. The van der Waals surface area contributed by atoms with Crippen molar-refractivity contribution in [2.24, 2.45) is 5.10 Å². The summed E-state index contributed by atoms with van der Waals surface area (Å²) in [6, 6.07) is 16.6. The van der Waals surface area contributed by atoms with Gasteiger partial charge in [0.05, 0.1) is 13.5 Å². The maximum Gasteiger partial charge on any atom is 0.250 e. The molecule has 5 nitrogen and oxygen atoms in total. The van der Waals surface area contributed by atoms with E-state index in [2.05, 4.69) is 5.10 Å². The number of amides is 1. The van der Waals surface area contributed by atoms with E-state index < -0.39 is 5.72 Å². The second-order valence-corrected chi connectivity index (χ2v) is 6.11. The van der Waals surface area contributed by atoms with Crippen LogP contribution in [0.5, 0.6) is 5.75 Å². The highest BCUT2D eigenvalue weighted by Gasteiger charge is 2.45. The first-order valence-electron chi connectivity index (χ1n) is 8.37. The lowest BCUT2D eigenvalue weighted by atomic mass is 9.96. The zero-order valence-corrected chi connectivity index (χ0v) is 14.5. The molecular weight excluding hydrogens is 316 g/mol. The molecule has 0 aromatic heterocycles. The third kappa shape index (κ3) is 3.42. The number of hydrogen-bond donors (Lipinski definition) is 1. The SMILES string of the molecule is CCC1=NN(C(=O)Cc2ccccc2)C(O)(c2cccc(OC)c2)C1. The molecule has 1 amide bonds. The molecule has 0 bridgehead atoms. The molecule has 1 heterocycles. The fraction of sp³-hybridized carbons (Fsp3) is 0.300. The van der Waals surface area contributed by atoms with Gasteiger partial charge in [0.2, 0.25) is 5.91 Å². The minimum Gasteiger partial charge on any atom is -0.497 e. The zero-order valence-electron chi connectivity index (χ0n) is 14.5. The first-order chi connectivity index (χ1) is 12.1. The van der Waals surface area contributed by atoms with E-state index in [1.54, 1.807) is 31.4 Å². The minimum absolute atomic E-state index is 0.188. The fourth-order valence-electron chi connectivity index (χ4n) is 3.02. The van der Waals surface area contributed by atoms with E-state index >= 15 is 0 Å². The lowest BCUT2D eigenvalue weighted by Gasteiger charge is -2.31. The van der Waals surface area contributed by atoms with E-state index in [9.17, 15) is 9.90 Å². The summed E-state index contributed by atoms with van der Waals surface area (Å²) in [6.45, 7) is 1.97. The van der Waals surface area contributed by atoms with Crippen LogP contribution in [-0.4, -0.2) is 28.8 Å². The third-order valence-electron chi connectivity index (χ3n) is 4.42. The monoisotopic (exact) mass is 338 g/mol. The number of aliphatic hydroxyl groups is 1. The van der Waals surface area contributed by atoms with Gasteiger partial charge in [0.15, 0.2) is 5.72 Å². The number of benzene rings is 2. The second kappa shape index (κ2) is 7.07. The molecule has 0 spiro atoms. The summed E-state index contributed by atoms with van der Waals surface area (Å²) in [7, 11) is 1.57. The maximum atomic E-state index is 12.8. The lowest BCUT2D eigenvalue weighted by Crippen LogP contribution is -2.44. The highest BCUT2D eigenvalue weighted by Crippen LogP contribution is 2.37. The summed E-state index contributed by atoms with van der Waals surface area (Å²) < 4.78 is 5.25. The van der Waals surface area contributed by atoms with Crippen molar-refractivity contribution in [2.45, 2.75) is 31.9 Å². The molecule has 1 N–H and O–H groups in total. The second-order valence-electron chi connectivity index (χ2n) is 6.11. The van der Waals surface area contributed by atoms with Gasteiger partial charge in [-0.2, -0.15) is 10.1 Å². The number of carbonyl (C=O) groups excluding carboxylic acids is 1. The van der Waals surface area contributed by atoms with Crippen LogP contribution >= 0.6 is 0 Å². The number of ether oxygens (including phenoxy) is 1. The van der Waals surface area contributed by atoms with Gasteiger partial charge in [0, 0.05) is 17.7 Å². The molecule has 1 unspecified atom stereocenters. The largest absolute Gasteiger partial charge is 0.497 e. The third-order valence-corrected chi connectivity index (χ3v) is 4.42. The molecule has 1 aliphatic heterocycles. The van der Waals surface area contributed by atoms with E-state index in [1.165, 1.54) is 5.01 Å². The van der Waals surface area contributed by atoms with Gasteiger partial charge in [-0.05, 0) is 24.1 Å². The number of rotatable bonds is 5. The van der Waals surface area contributed by atoms with Gasteiger partial charge in [-0.15, -0.1) is 0 Å². The molecule has 1 atom stereocenters. The Balaban J connectivity index is 1.93. The van der Waals surface area contributed by atoms with Crippen molar-refractivity contribution < 1.29 is 14.6 Å². The van der Waals surface area contributed by atoms with E-state index in [0.29, 0.717) is 24.2 Å². The number of hydrogen-bond acceptors (Lipinski definition) is 4. The fourth-order valence-corrected chi connectivity index (χ4v) is 3.02. The highest BCUT2D eigenvalue weighted by atomic mass is 16.5. The molecule has 2 aromatic carbocycles. The Morgan fingerprint density at radius 3 is 2.68 bits per heavy atom. The lowest BCUT2D eigenvalue weighted by molar-refractivity contribution is -0.157. The first-order valence-corrected chi connectivity index (χ1v) is 8.37. The van der Waals surface area contributed by atoms with Gasteiger partial charge in [-0.3, -0.25) is 4.79 Å². The average Bonchev–Trinajstić information content (AvgIpc) is 3.01. The molecule has 5 heteroatoms. The maximum absolute atomic E-state index is 12.8. The summed E-state index contributed by atoms with van der Waals surface area (Å²) >= 11 is 0. The molecule has 0 saturated carbocycles. The topological polar surface area (TPSA) is 62.1 Å². The van der Waals surface area contributed by atoms with Crippen LogP contribution in [0.2, 0.25) is 0 Å². The van der Waals surface area contributed by atoms with Crippen molar-refractivity contribution in [3.8, 4) is 5.75 Å². The van der Waals surface area contributed by atoms with Gasteiger partial charge in [-0.1, -0.05) is 49.4 Å². The smallest absolute Gasteiger partial charge is 0.250 e. The molecule has 130 valence electrons. The molecular formula is C20H22N2O3. The van der Waals surface area contributed by atoms with E-state index in [1.807, 2.05) is 37.3 Å². The molecule has 3 rings (SSSR count). The predicted molar refractivity (Wildman–Crippen MR) is 96.2 cm³/mol. The number of methoxy groups -OCH3 is 1. The van der Waals surface area contributed by atoms with Gasteiger partial charge in [0.1, 0.15) is 5.75 Å². The summed E-state index contributed by atoms with van der Waals surface area (Å²) in [6.07, 6.45) is 1.17. The van der Waals surface area contributed by atoms with Crippen LogP contribution in [0.4, 0.5) is 0 Å². The van der Waals surface area contributed by atoms with E-state index in [4.69, 9.17) is 4.74 Å². The van der Waals surface area contributed by atoms with Crippen LogP contribution in [0.3, 0.4) is 0 Å². The van der Waals surface area contributed by atoms with Crippen molar-refractivity contribution in [1.82, 2.24) is 5.01 Å². The van der Waals surface area contributed by atoms with E-state index in [0.717, 1.165) is 11.3 Å². The van der Waals surface area contributed by atoms with Crippen LogP contribution in [-0.2, 0) is 16.9 Å². The van der Waals surface area contributed by atoms with Crippen molar-refractivity contribution in [2.75, 3.05) is 7.11 Å². The Bertz CT molecular complexity index is 789. The van der Waals surface area contributed by atoms with Crippen molar-refractivity contribution >= 4 is 11.6 Å². The van der Waals surface area contributed by atoms with Crippen LogP contribution in [0, 0.1) is 0 Å². The minimum atomic E-state index is -1.48. The van der Waals surface area contributed by atoms with Crippen molar-refractivity contribution in [3.05, 3.63) is 65.7 Å². The Hall–Kier alpha value is -2.66. The van der Waals surface area contributed by atoms with Gasteiger partial charge < -0.3 is 9.84 Å². The Morgan fingerprint density at radius 1 is 1.24 bits per heavy atom. The van der Waals surface area contributed by atoms with Crippen molar-refractivity contribution in [3.63, 3.8) is 0 Å². The standard InChI is InChI=1S/C20H22N2O3/c1-3-17-14-20(24,16-10-7-11-18(13-16)25-2)22(21-17)19(23)12-15-8-5-4-6-9-15/h4-11,13,24H,3,12,14H2,1-2H3. The number of carbonyl (C=O) groups is 1. The summed E-state index contributed by atoms with van der Waals surface area (Å²) in [5, 5.41) is 17.0. The van der Waals surface area contributed by atoms with E-state index in [-0.39, 0.29) is 12.3 Å². The Morgan fingerprint density at radius 2 is 2.00 bits per heavy atom. The molecule has 2 aromatic rings. The summed E-state index contributed by atoms with van der Waals surface area (Å²) in [5.74, 6) is 0.395. The molecule has 0 radical (unpaired) electrons. The first kappa shape index (κ1) is 17.2. The highest BCUT2D eigenvalue weighted by molar-refractivity contribution is 5.91. The van der Waals surface area contributed by atoms with Crippen LogP contribution in [0.25, 0.3) is 0 Å². The number of nitrogens with zero attached hydrogens (tertiary/aromatic N) is 2. The van der Waals surface area contributed by atoms with Crippen molar-refractivity contribution in [1.29, 1.82) is 0 Å². The Labute approximate surface area is 147 Å². The van der Waals surface area contributed by atoms with Gasteiger partial charge in [0.25, 0.3) is 0 Å². The Kier molecular flexibility index (Phi) is 4.86. The zero-order chi connectivity index (χ0) is 17.9. The van der Waals surface area contributed by atoms with Gasteiger partial charge >= 0.3 is 0 Å².